The van der Waals surface area contributed by atoms with Crippen molar-refractivity contribution in [2.45, 2.75) is 45.6 Å². The van der Waals surface area contributed by atoms with Crippen molar-refractivity contribution in [1.29, 1.82) is 0 Å². The molecule has 1 aromatic heterocycles. The van der Waals surface area contributed by atoms with Crippen LogP contribution in [0.15, 0.2) is 6.20 Å². The zero-order valence-corrected chi connectivity index (χ0v) is 9.86. The van der Waals surface area contributed by atoms with Crippen LogP contribution in [0.3, 0.4) is 0 Å². The van der Waals surface area contributed by atoms with Gasteiger partial charge in [-0.2, -0.15) is 4.98 Å². The summed E-state index contributed by atoms with van der Waals surface area (Å²) in [5.74, 6) is 0.453. The lowest BCUT2D eigenvalue weighted by Gasteiger charge is -2.10. The summed E-state index contributed by atoms with van der Waals surface area (Å²) in [7, 11) is 0. The number of aromatic nitrogens is 2. The predicted molar refractivity (Wildman–Crippen MR) is 59.8 cm³/mol. The fraction of sp³-hybridized carbons (Fsp3) is 0.583. The average Bonchev–Trinajstić information content (AvgIpc) is 2.99. The fourth-order valence-electron chi connectivity index (χ4n) is 1.58. The van der Waals surface area contributed by atoms with Crippen molar-refractivity contribution >= 4 is 5.78 Å². The van der Waals surface area contributed by atoms with Gasteiger partial charge in [-0.3, -0.25) is 4.79 Å². The maximum absolute atomic E-state index is 11.4. The standard InChI is InChI=1S/C12H16N2O2/c1-7(2)16-12-13-6-10(8(3)15)11(14-12)9-4-5-9/h6-7,9H,4-5H2,1-3H3. The van der Waals surface area contributed by atoms with Gasteiger partial charge in [-0.25, -0.2) is 4.98 Å². The summed E-state index contributed by atoms with van der Waals surface area (Å²) in [4.78, 5) is 19.8. The normalized spacial score (nSPS) is 15.2. The van der Waals surface area contributed by atoms with E-state index >= 15 is 0 Å². The van der Waals surface area contributed by atoms with Gasteiger partial charge in [0.2, 0.25) is 0 Å². The van der Waals surface area contributed by atoms with E-state index in [9.17, 15) is 4.79 Å². The van der Waals surface area contributed by atoms with E-state index in [0.29, 0.717) is 17.5 Å². The largest absolute Gasteiger partial charge is 0.461 e. The Morgan fingerprint density at radius 3 is 2.69 bits per heavy atom. The molecule has 0 bridgehead atoms. The van der Waals surface area contributed by atoms with Gasteiger partial charge in [-0.15, -0.1) is 0 Å². The molecule has 1 aromatic rings. The highest BCUT2D eigenvalue weighted by molar-refractivity contribution is 5.95. The Hall–Kier alpha value is -1.45. The first-order valence-corrected chi connectivity index (χ1v) is 5.62. The number of nitrogens with zero attached hydrogens (tertiary/aromatic N) is 2. The van der Waals surface area contributed by atoms with E-state index in [2.05, 4.69) is 9.97 Å². The number of rotatable bonds is 4. The third-order valence-corrected chi connectivity index (χ3v) is 2.48. The second-order valence-electron chi connectivity index (χ2n) is 4.45. The summed E-state index contributed by atoms with van der Waals surface area (Å²) in [6, 6.07) is 0.377. The highest BCUT2D eigenvalue weighted by Crippen LogP contribution is 2.41. The molecule has 1 saturated carbocycles. The lowest BCUT2D eigenvalue weighted by Crippen LogP contribution is -2.11. The molecular weight excluding hydrogens is 204 g/mol. The molecule has 0 radical (unpaired) electrons. The van der Waals surface area contributed by atoms with Crippen LogP contribution in [0.4, 0.5) is 0 Å². The minimum atomic E-state index is 0.0259. The number of hydrogen-bond donors (Lipinski definition) is 0. The topological polar surface area (TPSA) is 52.1 Å². The zero-order chi connectivity index (χ0) is 11.7. The number of carbonyl (C=O) groups excluding carboxylic acids is 1. The third kappa shape index (κ3) is 2.38. The summed E-state index contributed by atoms with van der Waals surface area (Å²) >= 11 is 0. The molecule has 0 amide bonds. The molecule has 0 aromatic carbocycles. The molecule has 0 spiro atoms. The molecule has 0 aliphatic heterocycles. The van der Waals surface area contributed by atoms with Crippen molar-refractivity contribution in [1.82, 2.24) is 9.97 Å². The van der Waals surface area contributed by atoms with Crippen LogP contribution in [0.1, 0.15) is 55.6 Å². The zero-order valence-electron chi connectivity index (χ0n) is 9.86. The highest BCUT2D eigenvalue weighted by Gasteiger charge is 2.29. The van der Waals surface area contributed by atoms with Crippen molar-refractivity contribution < 1.29 is 9.53 Å². The maximum Gasteiger partial charge on any atom is 0.316 e. The molecule has 0 N–H and O–H groups in total. The van der Waals surface area contributed by atoms with E-state index in [0.717, 1.165) is 18.5 Å². The Bertz CT molecular complexity index is 411. The van der Waals surface area contributed by atoms with Crippen molar-refractivity contribution in [3.05, 3.63) is 17.5 Å². The molecule has 0 atom stereocenters. The Morgan fingerprint density at radius 1 is 1.50 bits per heavy atom. The fourth-order valence-corrected chi connectivity index (χ4v) is 1.58. The summed E-state index contributed by atoms with van der Waals surface area (Å²) in [5, 5.41) is 0. The number of ether oxygens (including phenoxy) is 1. The number of carbonyl (C=O) groups is 1. The number of hydrogen-bond acceptors (Lipinski definition) is 4. The molecule has 4 heteroatoms. The molecule has 2 rings (SSSR count). The van der Waals surface area contributed by atoms with E-state index in [1.165, 1.54) is 0 Å². The van der Waals surface area contributed by atoms with Gasteiger partial charge in [0.15, 0.2) is 5.78 Å². The van der Waals surface area contributed by atoms with Crippen LogP contribution in [-0.4, -0.2) is 21.9 Å². The van der Waals surface area contributed by atoms with E-state index < -0.39 is 0 Å². The van der Waals surface area contributed by atoms with E-state index in [4.69, 9.17) is 4.74 Å². The minimum absolute atomic E-state index is 0.0259. The molecule has 4 nitrogen and oxygen atoms in total. The molecule has 16 heavy (non-hydrogen) atoms. The van der Waals surface area contributed by atoms with Gasteiger partial charge < -0.3 is 4.74 Å². The summed E-state index contributed by atoms with van der Waals surface area (Å²) in [6.45, 7) is 5.41. The first-order valence-electron chi connectivity index (χ1n) is 5.62. The molecule has 1 aliphatic rings. The first-order chi connectivity index (χ1) is 7.58. The lowest BCUT2D eigenvalue weighted by atomic mass is 10.1. The third-order valence-electron chi connectivity index (χ3n) is 2.48. The second kappa shape index (κ2) is 4.20. The molecule has 1 fully saturated rings. The van der Waals surface area contributed by atoms with Crippen LogP contribution in [0.2, 0.25) is 0 Å². The average molecular weight is 220 g/mol. The second-order valence-corrected chi connectivity index (χ2v) is 4.45. The van der Waals surface area contributed by atoms with Crippen LogP contribution in [0.25, 0.3) is 0 Å². The molecule has 0 saturated heterocycles. The van der Waals surface area contributed by atoms with Gasteiger partial charge >= 0.3 is 6.01 Å². The van der Waals surface area contributed by atoms with Crippen molar-refractivity contribution in [3.63, 3.8) is 0 Å². The lowest BCUT2D eigenvalue weighted by molar-refractivity contribution is 0.101. The van der Waals surface area contributed by atoms with Crippen LogP contribution in [0.5, 0.6) is 6.01 Å². The van der Waals surface area contributed by atoms with Crippen molar-refractivity contribution in [3.8, 4) is 6.01 Å². The molecular formula is C12H16N2O2. The van der Waals surface area contributed by atoms with Crippen LogP contribution >= 0.6 is 0 Å². The number of ketones is 1. The number of Topliss-reactive ketones (excluding diaryl/α,β-unsaturated/α-hetero) is 1. The van der Waals surface area contributed by atoms with E-state index in [1.54, 1.807) is 13.1 Å². The molecule has 0 unspecified atom stereocenters. The highest BCUT2D eigenvalue weighted by atomic mass is 16.5. The van der Waals surface area contributed by atoms with Crippen molar-refractivity contribution in [2.75, 3.05) is 0 Å². The van der Waals surface area contributed by atoms with Crippen molar-refractivity contribution in [2.24, 2.45) is 0 Å². The van der Waals surface area contributed by atoms with Gasteiger partial charge in [0.1, 0.15) is 0 Å². The predicted octanol–water partition coefficient (Wildman–Crippen LogP) is 2.34. The van der Waals surface area contributed by atoms with E-state index in [1.807, 2.05) is 13.8 Å². The smallest absolute Gasteiger partial charge is 0.316 e. The van der Waals surface area contributed by atoms with Gasteiger partial charge in [0.05, 0.1) is 17.4 Å². The quantitative estimate of drug-likeness (QED) is 0.731. The molecule has 86 valence electrons. The van der Waals surface area contributed by atoms with Gasteiger partial charge in [-0.1, -0.05) is 0 Å². The van der Waals surface area contributed by atoms with Gasteiger partial charge in [0.25, 0.3) is 0 Å². The van der Waals surface area contributed by atoms with Crippen LogP contribution in [-0.2, 0) is 0 Å². The van der Waals surface area contributed by atoms with E-state index in [-0.39, 0.29) is 11.9 Å². The Kier molecular flexibility index (Phi) is 2.90. The minimum Gasteiger partial charge on any atom is -0.461 e. The van der Waals surface area contributed by atoms with Gasteiger partial charge in [-0.05, 0) is 33.6 Å². The summed E-state index contributed by atoms with van der Waals surface area (Å²) in [6.07, 6.45) is 3.85. The monoisotopic (exact) mass is 220 g/mol. The van der Waals surface area contributed by atoms with Crippen LogP contribution < -0.4 is 4.74 Å². The maximum atomic E-state index is 11.4. The molecule has 1 heterocycles. The van der Waals surface area contributed by atoms with Crippen LogP contribution in [0, 0.1) is 0 Å². The Balaban J connectivity index is 2.32. The first kappa shape index (κ1) is 11.0. The van der Waals surface area contributed by atoms with Gasteiger partial charge in [0, 0.05) is 12.1 Å². The SMILES string of the molecule is CC(=O)c1cnc(OC(C)C)nc1C1CC1. The Labute approximate surface area is 95.1 Å². The molecule has 1 aliphatic carbocycles. The summed E-state index contributed by atoms with van der Waals surface area (Å²) < 4.78 is 5.43. The Morgan fingerprint density at radius 2 is 2.19 bits per heavy atom. The summed E-state index contributed by atoms with van der Waals surface area (Å²) in [5.41, 5.74) is 1.50.